The first-order valence-corrected chi connectivity index (χ1v) is 8.71. The van der Waals surface area contributed by atoms with Gasteiger partial charge in [-0.2, -0.15) is 0 Å². The zero-order valence-electron chi connectivity index (χ0n) is 13.5. The molecule has 1 fully saturated rings. The minimum atomic E-state index is 0.254. The minimum Gasteiger partial charge on any atom is -0.356 e. The fraction of sp³-hybridized carbons (Fsp3) is 0.941. The zero-order chi connectivity index (χ0) is 14.6. The summed E-state index contributed by atoms with van der Waals surface area (Å²) >= 11 is 0. The van der Waals surface area contributed by atoms with E-state index in [0.717, 1.165) is 26.1 Å². The van der Waals surface area contributed by atoms with E-state index in [4.69, 9.17) is 0 Å². The molecule has 3 nitrogen and oxygen atoms in total. The van der Waals surface area contributed by atoms with E-state index in [0.29, 0.717) is 18.3 Å². The van der Waals surface area contributed by atoms with Crippen LogP contribution in [0.3, 0.4) is 0 Å². The van der Waals surface area contributed by atoms with Crippen molar-refractivity contribution in [3.8, 4) is 0 Å². The highest BCUT2D eigenvalue weighted by Crippen LogP contribution is 2.17. The van der Waals surface area contributed by atoms with Gasteiger partial charge in [-0.3, -0.25) is 4.79 Å². The zero-order valence-corrected chi connectivity index (χ0v) is 13.5. The van der Waals surface area contributed by atoms with Crippen LogP contribution in [0.15, 0.2) is 0 Å². The Bertz CT molecular complexity index is 255. The van der Waals surface area contributed by atoms with E-state index in [1.165, 1.54) is 44.9 Å². The van der Waals surface area contributed by atoms with Crippen LogP contribution in [0, 0.1) is 11.8 Å². The summed E-state index contributed by atoms with van der Waals surface area (Å²) < 4.78 is 0. The van der Waals surface area contributed by atoms with Crippen LogP contribution in [0.2, 0.25) is 0 Å². The van der Waals surface area contributed by atoms with Crippen molar-refractivity contribution in [1.82, 2.24) is 10.6 Å². The lowest BCUT2D eigenvalue weighted by Gasteiger charge is -2.29. The first-order valence-electron chi connectivity index (χ1n) is 8.71. The molecule has 1 heterocycles. The standard InChI is InChI=1S/C17H34N2O/c1-3-4-5-6-7-8-9-10-17(20)19-14-16-11-12-18-13-15(16)2/h15-16,18H,3-14H2,1-2H3,(H,19,20). The average molecular weight is 282 g/mol. The Morgan fingerprint density at radius 2 is 1.85 bits per heavy atom. The van der Waals surface area contributed by atoms with Gasteiger partial charge < -0.3 is 10.6 Å². The molecule has 1 aliphatic rings. The maximum absolute atomic E-state index is 11.8. The predicted molar refractivity (Wildman–Crippen MR) is 85.8 cm³/mol. The molecule has 0 aromatic rings. The maximum atomic E-state index is 11.8. The summed E-state index contributed by atoms with van der Waals surface area (Å²) in [4.78, 5) is 11.8. The van der Waals surface area contributed by atoms with E-state index in [-0.39, 0.29) is 5.91 Å². The molecule has 0 aliphatic carbocycles. The number of carbonyl (C=O) groups excluding carboxylic acids is 1. The van der Waals surface area contributed by atoms with Gasteiger partial charge in [0.25, 0.3) is 0 Å². The topological polar surface area (TPSA) is 41.1 Å². The molecule has 0 spiro atoms. The number of carbonyl (C=O) groups is 1. The number of amides is 1. The van der Waals surface area contributed by atoms with Gasteiger partial charge in [0.15, 0.2) is 0 Å². The minimum absolute atomic E-state index is 0.254. The summed E-state index contributed by atoms with van der Waals surface area (Å²) in [6, 6.07) is 0. The lowest BCUT2D eigenvalue weighted by molar-refractivity contribution is -0.121. The molecule has 1 rings (SSSR count). The van der Waals surface area contributed by atoms with Crippen molar-refractivity contribution in [2.75, 3.05) is 19.6 Å². The van der Waals surface area contributed by atoms with Crippen LogP contribution >= 0.6 is 0 Å². The lowest BCUT2D eigenvalue weighted by Crippen LogP contribution is -2.41. The fourth-order valence-corrected chi connectivity index (χ4v) is 2.95. The van der Waals surface area contributed by atoms with Crippen molar-refractivity contribution in [2.45, 2.75) is 71.6 Å². The SMILES string of the molecule is CCCCCCCCCC(=O)NCC1CCNCC1C. The van der Waals surface area contributed by atoms with Crippen molar-refractivity contribution in [3.05, 3.63) is 0 Å². The van der Waals surface area contributed by atoms with Gasteiger partial charge in [-0.05, 0) is 37.8 Å². The average Bonchev–Trinajstić information content (AvgIpc) is 2.45. The normalized spacial score (nSPS) is 22.7. The smallest absolute Gasteiger partial charge is 0.220 e. The molecule has 0 aromatic carbocycles. The van der Waals surface area contributed by atoms with Crippen molar-refractivity contribution in [2.24, 2.45) is 11.8 Å². The van der Waals surface area contributed by atoms with E-state index in [1.807, 2.05) is 0 Å². The van der Waals surface area contributed by atoms with Gasteiger partial charge in [0.2, 0.25) is 5.91 Å². The number of unbranched alkanes of at least 4 members (excludes halogenated alkanes) is 6. The first kappa shape index (κ1) is 17.5. The summed E-state index contributed by atoms with van der Waals surface area (Å²) in [5.41, 5.74) is 0. The molecule has 3 heteroatoms. The fourth-order valence-electron chi connectivity index (χ4n) is 2.95. The molecule has 1 saturated heterocycles. The first-order chi connectivity index (χ1) is 9.74. The van der Waals surface area contributed by atoms with Crippen molar-refractivity contribution in [1.29, 1.82) is 0 Å². The van der Waals surface area contributed by atoms with Gasteiger partial charge in [-0.15, -0.1) is 0 Å². The van der Waals surface area contributed by atoms with E-state index in [9.17, 15) is 4.79 Å². The third-order valence-electron chi connectivity index (χ3n) is 4.53. The van der Waals surface area contributed by atoms with Crippen LogP contribution in [0.5, 0.6) is 0 Å². The van der Waals surface area contributed by atoms with Gasteiger partial charge in [-0.1, -0.05) is 52.4 Å². The lowest BCUT2D eigenvalue weighted by atomic mass is 9.88. The summed E-state index contributed by atoms with van der Waals surface area (Å²) in [7, 11) is 0. The highest BCUT2D eigenvalue weighted by molar-refractivity contribution is 5.75. The Hall–Kier alpha value is -0.570. The number of nitrogens with one attached hydrogen (secondary N) is 2. The van der Waals surface area contributed by atoms with Gasteiger partial charge in [0, 0.05) is 13.0 Å². The molecule has 2 unspecified atom stereocenters. The third kappa shape index (κ3) is 7.88. The van der Waals surface area contributed by atoms with E-state index in [1.54, 1.807) is 0 Å². The summed E-state index contributed by atoms with van der Waals surface area (Å²) in [6.45, 7) is 7.59. The summed E-state index contributed by atoms with van der Waals surface area (Å²) in [5.74, 6) is 1.60. The molecule has 1 aliphatic heterocycles. The maximum Gasteiger partial charge on any atom is 0.220 e. The highest BCUT2D eigenvalue weighted by atomic mass is 16.1. The Morgan fingerprint density at radius 3 is 2.55 bits per heavy atom. The van der Waals surface area contributed by atoms with Crippen LogP contribution in [0.4, 0.5) is 0 Å². The van der Waals surface area contributed by atoms with Crippen LogP contribution in [-0.2, 0) is 4.79 Å². The Morgan fingerprint density at radius 1 is 1.15 bits per heavy atom. The van der Waals surface area contributed by atoms with Crippen molar-refractivity contribution >= 4 is 5.91 Å². The second kappa shape index (κ2) is 11.1. The number of hydrogen-bond donors (Lipinski definition) is 2. The predicted octanol–water partition coefficient (Wildman–Crippen LogP) is 3.49. The highest BCUT2D eigenvalue weighted by Gasteiger charge is 2.21. The van der Waals surface area contributed by atoms with Gasteiger partial charge in [0.05, 0.1) is 0 Å². The Balaban J connectivity index is 1.94. The molecule has 0 saturated carbocycles. The van der Waals surface area contributed by atoms with E-state index < -0.39 is 0 Å². The Kier molecular flexibility index (Phi) is 9.73. The van der Waals surface area contributed by atoms with Gasteiger partial charge >= 0.3 is 0 Å². The molecule has 20 heavy (non-hydrogen) atoms. The quantitative estimate of drug-likeness (QED) is 0.602. The molecular weight excluding hydrogens is 248 g/mol. The number of hydrogen-bond acceptors (Lipinski definition) is 2. The summed E-state index contributed by atoms with van der Waals surface area (Å²) in [5, 5.41) is 6.53. The molecule has 0 aromatic heterocycles. The molecule has 0 radical (unpaired) electrons. The largest absolute Gasteiger partial charge is 0.356 e. The van der Waals surface area contributed by atoms with Crippen LogP contribution in [0.1, 0.15) is 71.6 Å². The van der Waals surface area contributed by atoms with Gasteiger partial charge in [-0.25, -0.2) is 0 Å². The van der Waals surface area contributed by atoms with Crippen LogP contribution in [0.25, 0.3) is 0 Å². The molecule has 1 amide bonds. The second-order valence-corrected chi connectivity index (χ2v) is 6.41. The molecule has 118 valence electrons. The van der Waals surface area contributed by atoms with Crippen molar-refractivity contribution < 1.29 is 4.79 Å². The van der Waals surface area contributed by atoms with E-state index in [2.05, 4.69) is 24.5 Å². The van der Waals surface area contributed by atoms with Crippen LogP contribution < -0.4 is 10.6 Å². The molecule has 0 bridgehead atoms. The van der Waals surface area contributed by atoms with E-state index >= 15 is 0 Å². The number of piperidine rings is 1. The molecule has 2 atom stereocenters. The Labute approximate surface area is 125 Å². The second-order valence-electron chi connectivity index (χ2n) is 6.41. The third-order valence-corrected chi connectivity index (χ3v) is 4.53. The van der Waals surface area contributed by atoms with Gasteiger partial charge in [0.1, 0.15) is 0 Å². The molecular formula is C17H34N2O. The molecule has 2 N–H and O–H groups in total. The monoisotopic (exact) mass is 282 g/mol. The van der Waals surface area contributed by atoms with Crippen LogP contribution in [-0.4, -0.2) is 25.5 Å². The summed E-state index contributed by atoms with van der Waals surface area (Å²) in [6.07, 6.45) is 10.8. The number of rotatable bonds is 10. The van der Waals surface area contributed by atoms with Crippen molar-refractivity contribution in [3.63, 3.8) is 0 Å².